The zero-order valence-corrected chi connectivity index (χ0v) is 19.8. The van der Waals surface area contributed by atoms with Gasteiger partial charge in [0.05, 0.1) is 5.75 Å². The highest BCUT2D eigenvalue weighted by Gasteiger charge is 2.27. The molecule has 1 aliphatic carbocycles. The number of ether oxygens (including phenoxy) is 2. The van der Waals surface area contributed by atoms with E-state index < -0.39 is 16.1 Å². The molecule has 13 heteroatoms. The van der Waals surface area contributed by atoms with E-state index in [1.54, 1.807) is 4.57 Å². The van der Waals surface area contributed by atoms with Crippen LogP contribution in [0.3, 0.4) is 0 Å². The normalized spacial score (nSPS) is 15.6. The standard InChI is InChI=1S/C19H20FIN6O4S/c20-19-24-17(22)16-18(25-19)27(4-1-5-32(28,29)26-11-2-3-11)15(23-16)7-10-6-13-14(8-12(10)21)31-9-30-13/h6,8,11,26H,1-5,7,9H2,(H2,22,24,25). The highest BCUT2D eigenvalue weighted by molar-refractivity contribution is 14.1. The van der Waals surface area contributed by atoms with Crippen LogP contribution in [0.2, 0.25) is 0 Å². The summed E-state index contributed by atoms with van der Waals surface area (Å²) in [6.45, 7) is 0.455. The Morgan fingerprint density at radius 3 is 2.72 bits per heavy atom. The van der Waals surface area contributed by atoms with E-state index in [0.717, 1.165) is 22.0 Å². The number of hydrogen-bond acceptors (Lipinski definition) is 8. The predicted octanol–water partition coefficient (Wildman–Crippen LogP) is 1.94. The molecule has 3 heterocycles. The Morgan fingerprint density at radius 1 is 1.22 bits per heavy atom. The molecule has 0 saturated heterocycles. The number of aromatic nitrogens is 4. The Morgan fingerprint density at radius 2 is 1.97 bits per heavy atom. The number of nitrogens with zero attached hydrogens (tertiary/aromatic N) is 4. The van der Waals surface area contributed by atoms with E-state index in [1.807, 2.05) is 12.1 Å². The third-order valence-electron chi connectivity index (χ3n) is 5.28. The Balaban J connectivity index is 1.46. The van der Waals surface area contributed by atoms with Crippen LogP contribution in [0, 0.1) is 9.65 Å². The number of anilines is 1. The molecule has 0 spiro atoms. The first kappa shape index (κ1) is 21.6. The molecule has 0 bridgehead atoms. The van der Waals surface area contributed by atoms with E-state index in [0.29, 0.717) is 30.2 Å². The molecule has 0 amide bonds. The molecule has 2 aromatic heterocycles. The number of fused-ring (bicyclic) bond motifs is 2. The van der Waals surface area contributed by atoms with Gasteiger partial charge in [0.25, 0.3) is 0 Å². The number of sulfonamides is 1. The summed E-state index contributed by atoms with van der Waals surface area (Å²) in [4.78, 5) is 12.0. The van der Waals surface area contributed by atoms with E-state index in [-0.39, 0.29) is 42.1 Å². The highest BCUT2D eigenvalue weighted by atomic mass is 127. The lowest BCUT2D eigenvalue weighted by molar-refractivity contribution is 0.174. The Kier molecular flexibility index (Phi) is 5.57. The van der Waals surface area contributed by atoms with Crippen molar-refractivity contribution in [2.45, 2.75) is 38.3 Å². The van der Waals surface area contributed by atoms with E-state index in [2.05, 4.69) is 42.3 Å². The van der Waals surface area contributed by atoms with E-state index in [9.17, 15) is 12.8 Å². The minimum Gasteiger partial charge on any atom is -0.454 e. The zero-order valence-electron chi connectivity index (χ0n) is 16.8. The average Bonchev–Trinajstić information content (AvgIpc) is 3.28. The fraction of sp³-hybridized carbons (Fsp3) is 0.421. The summed E-state index contributed by atoms with van der Waals surface area (Å²) < 4.78 is 54.6. The first-order chi connectivity index (χ1) is 15.3. The van der Waals surface area contributed by atoms with Gasteiger partial charge < -0.3 is 19.8 Å². The molecule has 1 aromatic carbocycles. The van der Waals surface area contributed by atoms with Gasteiger partial charge in [-0.2, -0.15) is 14.4 Å². The molecule has 0 atom stereocenters. The van der Waals surface area contributed by atoms with Crippen molar-refractivity contribution in [1.82, 2.24) is 24.2 Å². The Hall–Kier alpha value is -2.26. The second kappa shape index (κ2) is 8.26. The maximum Gasteiger partial charge on any atom is 0.312 e. The lowest BCUT2D eigenvalue weighted by Crippen LogP contribution is -2.28. The maximum absolute atomic E-state index is 13.9. The smallest absolute Gasteiger partial charge is 0.312 e. The number of nitrogens with one attached hydrogen (secondary N) is 1. The summed E-state index contributed by atoms with van der Waals surface area (Å²) in [5.41, 5.74) is 7.35. The van der Waals surface area contributed by atoms with Crippen molar-refractivity contribution in [2.24, 2.45) is 0 Å². The fourth-order valence-electron chi connectivity index (χ4n) is 3.60. The van der Waals surface area contributed by atoms with E-state index in [4.69, 9.17) is 15.2 Å². The third kappa shape index (κ3) is 4.45. The molecule has 2 aliphatic rings. The van der Waals surface area contributed by atoms with Crippen molar-refractivity contribution in [3.8, 4) is 11.5 Å². The number of hydrogen-bond donors (Lipinski definition) is 2. The van der Waals surface area contributed by atoms with Crippen LogP contribution in [0.1, 0.15) is 30.7 Å². The minimum absolute atomic E-state index is 0.0484. The van der Waals surface area contributed by atoms with Gasteiger partial charge in [0.2, 0.25) is 16.8 Å². The summed E-state index contributed by atoms with van der Waals surface area (Å²) in [6.07, 6.45) is 1.49. The molecule has 5 rings (SSSR count). The van der Waals surface area contributed by atoms with Gasteiger partial charge in [0.15, 0.2) is 28.5 Å². The van der Waals surface area contributed by atoms with Crippen molar-refractivity contribution in [1.29, 1.82) is 0 Å². The van der Waals surface area contributed by atoms with Crippen LogP contribution in [0.4, 0.5) is 10.2 Å². The first-order valence-electron chi connectivity index (χ1n) is 10.1. The third-order valence-corrected chi connectivity index (χ3v) is 7.80. The van der Waals surface area contributed by atoms with Gasteiger partial charge in [-0.15, -0.1) is 0 Å². The topological polar surface area (TPSA) is 134 Å². The first-order valence-corrected chi connectivity index (χ1v) is 12.8. The molecule has 10 nitrogen and oxygen atoms in total. The summed E-state index contributed by atoms with van der Waals surface area (Å²) in [5.74, 6) is 1.79. The second-order valence-electron chi connectivity index (χ2n) is 7.77. The molecule has 3 aromatic rings. The molecule has 1 saturated carbocycles. The summed E-state index contributed by atoms with van der Waals surface area (Å²) in [6, 6.07) is 3.82. The molecule has 32 heavy (non-hydrogen) atoms. The number of aryl methyl sites for hydroxylation is 1. The summed E-state index contributed by atoms with van der Waals surface area (Å²) in [5, 5.41) is 0. The monoisotopic (exact) mass is 574 g/mol. The average molecular weight is 574 g/mol. The number of benzene rings is 1. The zero-order chi connectivity index (χ0) is 22.5. The summed E-state index contributed by atoms with van der Waals surface area (Å²) >= 11 is 2.21. The van der Waals surface area contributed by atoms with Gasteiger partial charge in [-0.3, -0.25) is 0 Å². The molecule has 3 N–H and O–H groups in total. The highest BCUT2D eigenvalue weighted by Crippen LogP contribution is 2.36. The lowest BCUT2D eigenvalue weighted by atomic mass is 10.1. The fourth-order valence-corrected chi connectivity index (χ4v) is 5.60. The van der Waals surface area contributed by atoms with Crippen molar-refractivity contribution in [3.05, 3.63) is 33.2 Å². The second-order valence-corrected chi connectivity index (χ2v) is 10.8. The summed E-state index contributed by atoms with van der Waals surface area (Å²) in [7, 11) is -3.37. The SMILES string of the molecule is Nc1nc(F)nc2c1nc(Cc1cc3c(cc1I)OCO3)n2CCCS(=O)(=O)NC1CC1. The Labute approximate surface area is 196 Å². The van der Waals surface area contributed by atoms with Crippen LogP contribution in [-0.2, 0) is 23.0 Å². The van der Waals surface area contributed by atoms with Gasteiger partial charge in [-0.05, 0) is 59.5 Å². The number of halogens is 2. The van der Waals surface area contributed by atoms with Gasteiger partial charge in [0.1, 0.15) is 5.82 Å². The lowest BCUT2D eigenvalue weighted by Gasteiger charge is -2.11. The van der Waals surface area contributed by atoms with E-state index >= 15 is 0 Å². The van der Waals surface area contributed by atoms with Crippen molar-refractivity contribution >= 4 is 49.6 Å². The number of rotatable bonds is 8. The predicted molar refractivity (Wildman–Crippen MR) is 122 cm³/mol. The molecule has 1 fully saturated rings. The minimum atomic E-state index is -3.37. The van der Waals surface area contributed by atoms with Gasteiger partial charge in [-0.1, -0.05) is 0 Å². The van der Waals surface area contributed by atoms with Crippen LogP contribution in [0.25, 0.3) is 11.2 Å². The molecule has 0 unspecified atom stereocenters. The number of imidazole rings is 1. The van der Waals surface area contributed by atoms with Crippen LogP contribution < -0.4 is 19.9 Å². The van der Waals surface area contributed by atoms with Gasteiger partial charge >= 0.3 is 6.08 Å². The van der Waals surface area contributed by atoms with E-state index in [1.165, 1.54) is 0 Å². The molecular weight excluding hydrogens is 554 g/mol. The van der Waals surface area contributed by atoms with Gasteiger partial charge in [0, 0.05) is 22.6 Å². The quantitative estimate of drug-likeness (QED) is 0.308. The van der Waals surface area contributed by atoms with Crippen LogP contribution in [0.5, 0.6) is 11.5 Å². The molecular formula is C19H20FIN6O4S. The van der Waals surface area contributed by atoms with Crippen LogP contribution in [-0.4, -0.2) is 46.5 Å². The van der Waals surface area contributed by atoms with Crippen LogP contribution >= 0.6 is 22.6 Å². The molecule has 1 aliphatic heterocycles. The number of nitrogen functional groups attached to an aromatic ring is 1. The largest absolute Gasteiger partial charge is 0.454 e. The molecule has 0 radical (unpaired) electrons. The van der Waals surface area contributed by atoms with Crippen LogP contribution in [0.15, 0.2) is 12.1 Å². The molecule has 170 valence electrons. The van der Waals surface area contributed by atoms with Crippen molar-refractivity contribution < 1.29 is 22.3 Å². The van der Waals surface area contributed by atoms with Gasteiger partial charge in [-0.25, -0.2) is 18.1 Å². The Bertz CT molecular complexity index is 1310. The maximum atomic E-state index is 13.9. The van der Waals surface area contributed by atoms with Crippen molar-refractivity contribution in [3.63, 3.8) is 0 Å². The number of nitrogens with two attached hydrogens (primary N) is 1. The van der Waals surface area contributed by atoms with Crippen molar-refractivity contribution in [2.75, 3.05) is 18.3 Å².